The molecule has 6 heteroatoms. The van der Waals surface area contributed by atoms with Gasteiger partial charge in [0.05, 0.1) is 6.04 Å². The second-order valence-corrected chi connectivity index (χ2v) is 8.84. The molecular formula is C25H31BrN2O3. The average Bonchev–Trinajstić information content (AvgIpc) is 2.81. The number of ether oxygens (including phenoxy) is 1. The second-order valence-electron chi connectivity index (χ2n) is 7.99. The van der Waals surface area contributed by atoms with E-state index >= 15 is 0 Å². The van der Waals surface area contributed by atoms with Crippen molar-refractivity contribution in [2.75, 3.05) is 26.2 Å². The van der Waals surface area contributed by atoms with E-state index in [1.54, 1.807) is 0 Å². The van der Waals surface area contributed by atoms with E-state index < -0.39 is 0 Å². The zero-order valence-corrected chi connectivity index (χ0v) is 19.9. The quantitative estimate of drug-likeness (QED) is 0.523. The van der Waals surface area contributed by atoms with Crippen molar-refractivity contribution >= 4 is 27.7 Å². The number of carbonyl (C=O) groups excluding carboxylic acids is 2. The maximum Gasteiger partial charge on any atom is 0.260 e. The Labute approximate surface area is 193 Å². The lowest BCUT2D eigenvalue weighted by atomic mass is 9.93. The maximum atomic E-state index is 13.4. The number of rotatable bonds is 8. The third-order valence-electron chi connectivity index (χ3n) is 5.87. The zero-order chi connectivity index (χ0) is 22.2. The highest BCUT2D eigenvalue weighted by Gasteiger charge is 2.32. The summed E-state index contributed by atoms with van der Waals surface area (Å²) in [6.45, 7) is 6.14. The number of nitrogens with zero attached hydrogens (tertiary/aromatic N) is 2. The molecule has 1 unspecified atom stereocenters. The Kier molecular flexibility index (Phi) is 8.52. The average molecular weight is 487 g/mol. The van der Waals surface area contributed by atoms with Gasteiger partial charge in [-0.05, 0) is 49.9 Å². The molecule has 0 saturated carbocycles. The van der Waals surface area contributed by atoms with Crippen LogP contribution in [0.4, 0.5) is 0 Å². The Morgan fingerprint density at radius 2 is 1.74 bits per heavy atom. The number of hydrogen-bond acceptors (Lipinski definition) is 3. The maximum absolute atomic E-state index is 13.4. The first-order chi connectivity index (χ1) is 15.0. The van der Waals surface area contributed by atoms with Crippen molar-refractivity contribution in [2.45, 2.75) is 39.2 Å². The van der Waals surface area contributed by atoms with E-state index in [0.717, 1.165) is 23.0 Å². The van der Waals surface area contributed by atoms with Gasteiger partial charge in [-0.2, -0.15) is 0 Å². The largest absolute Gasteiger partial charge is 0.484 e. The van der Waals surface area contributed by atoms with Crippen molar-refractivity contribution in [3.05, 3.63) is 64.6 Å². The van der Waals surface area contributed by atoms with Gasteiger partial charge in [0.25, 0.3) is 5.91 Å². The first kappa shape index (κ1) is 23.3. The number of para-hydroxylation sites is 1. The van der Waals surface area contributed by atoms with Gasteiger partial charge in [0.1, 0.15) is 5.75 Å². The van der Waals surface area contributed by atoms with Gasteiger partial charge in [0.15, 0.2) is 6.61 Å². The van der Waals surface area contributed by atoms with Gasteiger partial charge in [-0.25, -0.2) is 0 Å². The standard InChI is InChI=1S/C25H31BrN2O3/c1-3-15-28(19(2)22-11-7-8-12-23(22)26)25(30)20-13-16-27(17-14-20)24(29)18-31-21-9-5-4-6-10-21/h4-12,19-20H,3,13-18H2,1-2H3. The summed E-state index contributed by atoms with van der Waals surface area (Å²) >= 11 is 3.62. The van der Waals surface area contributed by atoms with Crippen molar-refractivity contribution in [3.63, 3.8) is 0 Å². The summed E-state index contributed by atoms with van der Waals surface area (Å²) in [6.07, 6.45) is 2.30. The van der Waals surface area contributed by atoms with E-state index in [1.165, 1.54) is 0 Å². The third kappa shape index (κ3) is 6.10. The molecule has 0 aromatic heterocycles. The summed E-state index contributed by atoms with van der Waals surface area (Å²) < 4.78 is 6.61. The minimum absolute atomic E-state index is 0.00181. The van der Waals surface area contributed by atoms with Crippen LogP contribution < -0.4 is 4.74 Å². The SMILES string of the molecule is CCCN(C(=O)C1CCN(C(=O)COc2ccccc2)CC1)C(C)c1ccccc1Br. The van der Waals surface area contributed by atoms with Crippen LogP contribution in [-0.4, -0.2) is 47.9 Å². The van der Waals surface area contributed by atoms with Gasteiger partial charge in [-0.1, -0.05) is 59.3 Å². The topological polar surface area (TPSA) is 49.9 Å². The minimum Gasteiger partial charge on any atom is -0.484 e. The third-order valence-corrected chi connectivity index (χ3v) is 6.59. The van der Waals surface area contributed by atoms with E-state index in [2.05, 4.69) is 35.8 Å². The molecule has 0 N–H and O–H groups in total. The Morgan fingerprint density at radius 3 is 2.39 bits per heavy atom. The molecule has 0 spiro atoms. The van der Waals surface area contributed by atoms with Crippen molar-refractivity contribution < 1.29 is 14.3 Å². The number of benzene rings is 2. The molecule has 3 rings (SSSR count). The summed E-state index contributed by atoms with van der Waals surface area (Å²) in [5, 5.41) is 0. The molecule has 5 nitrogen and oxygen atoms in total. The number of likely N-dealkylation sites (tertiary alicyclic amines) is 1. The number of piperidine rings is 1. The smallest absolute Gasteiger partial charge is 0.260 e. The van der Waals surface area contributed by atoms with Crippen LogP contribution in [0.2, 0.25) is 0 Å². The molecule has 0 aliphatic carbocycles. The molecular weight excluding hydrogens is 456 g/mol. The normalized spacial score (nSPS) is 15.4. The fourth-order valence-electron chi connectivity index (χ4n) is 4.08. The fraction of sp³-hybridized carbons (Fsp3) is 0.440. The van der Waals surface area contributed by atoms with Crippen molar-refractivity contribution in [1.82, 2.24) is 9.80 Å². The Bertz CT molecular complexity index is 866. The van der Waals surface area contributed by atoms with E-state index in [4.69, 9.17) is 4.74 Å². The molecule has 2 aromatic rings. The van der Waals surface area contributed by atoms with Crippen molar-refractivity contribution in [2.24, 2.45) is 5.92 Å². The van der Waals surface area contributed by atoms with Gasteiger partial charge >= 0.3 is 0 Å². The summed E-state index contributed by atoms with van der Waals surface area (Å²) in [5.41, 5.74) is 1.12. The first-order valence-corrected chi connectivity index (χ1v) is 11.8. The molecule has 1 heterocycles. The van der Waals surface area contributed by atoms with Gasteiger partial charge < -0.3 is 14.5 Å². The van der Waals surface area contributed by atoms with Crippen LogP contribution in [-0.2, 0) is 9.59 Å². The summed E-state index contributed by atoms with van der Waals surface area (Å²) in [6, 6.07) is 17.4. The summed E-state index contributed by atoms with van der Waals surface area (Å²) in [4.78, 5) is 29.7. The van der Waals surface area contributed by atoms with Crippen molar-refractivity contribution in [3.8, 4) is 5.75 Å². The van der Waals surface area contributed by atoms with Crippen LogP contribution in [0, 0.1) is 5.92 Å². The molecule has 1 aliphatic heterocycles. The van der Waals surface area contributed by atoms with Crippen LogP contribution in [0.3, 0.4) is 0 Å². The highest BCUT2D eigenvalue weighted by molar-refractivity contribution is 9.10. The molecule has 31 heavy (non-hydrogen) atoms. The monoisotopic (exact) mass is 486 g/mol. The Morgan fingerprint density at radius 1 is 1.10 bits per heavy atom. The highest BCUT2D eigenvalue weighted by atomic mass is 79.9. The molecule has 0 bridgehead atoms. The molecule has 1 atom stereocenters. The van der Waals surface area contributed by atoms with E-state index in [9.17, 15) is 9.59 Å². The van der Waals surface area contributed by atoms with E-state index in [1.807, 2.05) is 58.3 Å². The molecule has 2 aromatic carbocycles. The molecule has 0 radical (unpaired) electrons. The van der Waals surface area contributed by atoms with Crippen LogP contribution >= 0.6 is 15.9 Å². The molecule has 1 saturated heterocycles. The van der Waals surface area contributed by atoms with Crippen molar-refractivity contribution in [1.29, 1.82) is 0 Å². The molecule has 1 aliphatic rings. The predicted octanol–water partition coefficient (Wildman–Crippen LogP) is 5.07. The molecule has 2 amide bonds. The fourth-order valence-corrected chi connectivity index (χ4v) is 4.70. The summed E-state index contributed by atoms with van der Waals surface area (Å²) in [5.74, 6) is 0.812. The van der Waals surface area contributed by atoms with Crippen LogP contribution in [0.25, 0.3) is 0 Å². The Balaban J connectivity index is 1.56. The molecule has 166 valence electrons. The first-order valence-electron chi connectivity index (χ1n) is 11.0. The lowest BCUT2D eigenvalue weighted by Crippen LogP contribution is -2.46. The lowest BCUT2D eigenvalue weighted by molar-refractivity contribution is -0.143. The van der Waals surface area contributed by atoms with Gasteiger partial charge in [-0.15, -0.1) is 0 Å². The van der Waals surface area contributed by atoms with Gasteiger partial charge in [-0.3, -0.25) is 9.59 Å². The number of amides is 2. The van der Waals surface area contributed by atoms with Crippen LogP contribution in [0.15, 0.2) is 59.1 Å². The van der Waals surface area contributed by atoms with E-state index in [0.29, 0.717) is 31.7 Å². The highest BCUT2D eigenvalue weighted by Crippen LogP contribution is 2.30. The van der Waals surface area contributed by atoms with Gasteiger partial charge in [0.2, 0.25) is 5.91 Å². The van der Waals surface area contributed by atoms with Gasteiger partial charge in [0, 0.05) is 30.0 Å². The Hall–Kier alpha value is -2.34. The second kappa shape index (κ2) is 11.3. The minimum atomic E-state index is -0.0458. The molecule has 1 fully saturated rings. The predicted molar refractivity (Wildman–Crippen MR) is 126 cm³/mol. The van der Waals surface area contributed by atoms with Crippen LogP contribution in [0.5, 0.6) is 5.75 Å². The lowest BCUT2D eigenvalue weighted by Gasteiger charge is -2.37. The number of carbonyl (C=O) groups is 2. The van der Waals surface area contributed by atoms with Crippen LogP contribution in [0.1, 0.15) is 44.7 Å². The number of hydrogen-bond donors (Lipinski definition) is 0. The number of halogens is 1. The zero-order valence-electron chi connectivity index (χ0n) is 18.3. The summed E-state index contributed by atoms with van der Waals surface area (Å²) in [7, 11) is 0. The van der Waals surface area contributed by atoms with E-state index in [-0.39, 0.29) is 30.4 Å².